The molecule has 0 aliphatic rings. The first kappa shape index (κ1) is 43.4. The first-order chi connectivity index (χ1) is 21.6. The predicted octanol–water partition coefficient (Wildman–Crippen LogP) is 0.349. The van der Waals surface area contributed by atoms with Gasteiger partial charge in [-0.05, 0) is 48.4 Å². The van der Waals surface area contributed by atoms with E-state index >= 15 is 0 Å². The molecule has 21 nitrogen and oxygen atoms in total. The molecule has 2 aromatic heterocycles. The quantitative estimate of drug-likeness (QED) is 0.0962. The number of carbonyl (C=O) groups is 4. The Labute approximate surface area is 273 Å². The van der Waals surface area contributed by atoms with Crippen LogP contribution in [0.5, 0.6) is 0 Å². The Bertz CT molecular complexity index is 1650. The van der Waals surface area contributed by atoms with Crippen LogP contribution in [-0.2, 0) is 50.3 Å². The van der Waals surface area contributed by atoms with Gasteiger partial charge in [-0.15, -0.1) is 11.3 Å². The molecule has 12 N–H and O–H groups in total. The van der Waals surface area contributed by atoms with Gasteiger partial charge in [-0.3, -0.25) is 42.4 Å². The first-order valence-electron chi connectivity index (χ1n) is 12.7. The van der Waals surface area contributed by atoms with Crippen molar-refractivity contribution in [2.45, 2.75) is 53.7 Å². The number of thiophene rings is 1. The average molecular weight is 785 g/mol. The van der Waals surface area contributed by atoms with Crippen LogP contribution in [0.3, 0.4) is 0 Å². The highest BCUT2D eigenvalue weighted by Gasteiger charge is 2.59. The van der Waals surface area contributed by atoms with Crippen molar-refractivity contribution in [3.05, 3.63) is 52.5 Å². The van der Waals surface area contributed by atoms with Crippen LogP contribution in [0.15, 0.2) is 42.0 Å². The Hall–Kier alpha value is -2.67. The third-order valence-corrected chi connectivity index (χ3v) is 13.6. The predicted molar refractivity (Wildman–Crippen MR) is 162 cm³/mol. The van der Waals surface area contributed by atoms with Crippen molar-refractivity contribution in [3.8, 4) is 0 Å². The number of hydrogen-bond donors (Lipinski definition) is 12. The molecule has 4 unspecified atom stereocenters. The zero-order valence-electron chi connectivity index (χ0n) is 24.0. The largest absolute Gasteiger partial charge is 0.481 e. The van der Waals surface area contributed by atoms with Crippen molar-refractivity contribution in [2.24, 2.45) is 0 Å². The van der Waals surface area contributed by atoms with Crippen LogP contribution in [0.25, 0.3) is 0 Å². The lowest BCUT2D eigenvalue weighted by Gasteiger charge is -2.32. The van der Waals surface area contributed by atoms with Gasteiger partial charge in [-0.1, -0.05) is 6.07 Å². The summed E-state index contributed by atoms with van der Waals surface area (Å²) in [6.45, 7) is 0. The number of aliphatic carboxylic acids is 4. The molecule has 2 aromatic rings. The second kappa shape index (κ2) is 16.4. The molecular weight excluding hydrogens is 754 g/mol. The van der Waals surface area contributed by atoms with Gasteiger partial charge in [0.15, 0.2) is 21.6 Å². The van der Waals surface area contributed by atoms with E-state index in [-0.39, 0.29) is 11.3 Å². The number of hydrogen-bond acceptors (Lipinski definition) is 10. The highest BCUT2D eigenvalue weighted by molar-refractivity contribution is 7.56. The molecule has 0 aliphatic heterocycles. The van der Waals surface area contributed by atoms with Crippen molar-refractivity contribution in [1.82, 2.24) is 4.98 Å². The van der Waals surface area contributed by atoms with E-state index in [1.807, 2.05) is 0 Å². The lowest BCUT2D eigenvalue weighted by molar-refractivity contribution is -0.144. The van der Waals surface area contributed by atoms with Gasteiger partial charge < -0.3 is 59.6 Å². The van der Waals surface area contributed by atoms with Crippen molar-refractivity contribution in [3.63, 3.8) is 0 Å². The maximum absolute atomic E-state index is 11.9. The van der Waals surface area contributed by atoms with Gasteiger partial charge in [0, 0.05) is 30.1 Å². The number of carboxylic acids is 4. The monoisotopic (exact) mass is 785 g/mol. The zero-order chi connectivity index (χ0) is 37.5. The fourth-order valence-electron chi connectivity index (χ4n) is 4.21. The number of carboxylic acid groups (broad SMARTS) is 4. The molecule has 0 saturated heterocycles. The molecule has 0 aromatic carbocycles. The van der Waals surface area contributed by atoms with Crippen LogP contribution in [0.4, 0.5) is 0 Å². The number of pyridine rings is 1. The Morgan fingerprint density at radius 2 is 1.10 bits per heavy atom. The molecule has 0 radical (unpaired) electrons. The van der Waals surface area contributed by atoms with Crippen LogP contribution >= 0.6 is 41.7 Å². The Kier molecular flexibility index (Phi) is 14.8. The molecule has 270 valence electrons. The highest BCUT2D eigenvalue weighted by atomic mass is 32.1. The van der Waals surface area contributed by atoms with Crippen molar-refractivity contribution in [1.29, 1.82) is 0 Å². The molecule has 0 fully saturated rings. The fourth-order valence-corrected chi connectivity index (χ4v) is 9.22. The van der Waals surface area contributed by atoms with E-state index in [1.165, 1.54) is 42.0 Å². The maximum atomic E-state index is 11.9. The van der Waals surface area contributed by atoms with Gasteiger partial charge in [0.05, 0.1) is 0 Å². The summed E-state index contributed by atoms with van der Waals surface area (Å²) in [5, 5.41) is 32.2. The summed E-state index contributed by atoms with van der Waals surface area (Å²) >= 11 is 0.978. The molecule has 0 saturated carbocycles. The molecule has 4 atom stereocenters. The molecule has 26 heteroatoms. The van der Waals surface area contributed by atoms with Gasteiger partial charge in [-0.2, -0.15) is 0 Å². The van der Waals surface area contributed by atoms with E-state index in [0.717, 1.165) is 11.3 Å². The van der Waals surface area contributed by atoms with Crippen LogP contribution in [0, 0.1) is 0 Å². The van der Waals surface area contributed by atoms with Gasteiger partial charge in [-0.25, -0.2) is 0 Å². The van der Waals surface area contributed by atoms with Gasteiger partial charge in [0.2, 0.25) is 0 Å². The Morgan fingerprint density at radius 1 is 0.688 bits per heavy atom. The second-order valence-corrected chi connectivity index (χ2v) is 18.7. The van der Waals surface area contributed by atoms with E-state index in [2.05, 4.69) is 4.98 Å². The van der Waals surface area contributed by atoms with E-state index in [0.29, 0.717) is 5.56 Å². The Balaban J connectivity index is 0.000000482. The summed E-state index contributed by atoms with van der Waals surface area (Å²) in [5.74, 6) is -8.14. The van der Waals surface area contributed by atoms with Crippen molar-refractivity contribution < 1.29 is 97.0 Å². The third kappa shape index (κ3) is 11.2. The SMILES string of the molecule is O=C(O)C(CC(CCc1ccncc1)(C(=O)O)P(=O)(O)O)P(=O)(O)O.O=C(O)C(CC(Cc1cccs1)(C(=O)O)P(=O)(O)O)P(=O)(O)O. The molecule has 2 heterocycles. The molecule has 2 rings (SSSR count). The summed E-state index contributed by atoms with van der Waals surface area (Å²) < 4.78 is 46.2. The zero-order valence-corrected chi connectivity index (χ0v) is 28.4. The molecule has 0 spiro atoms. The van der Waals surface area contributed by atoms with E-state index in [9.17, 15) is 67.2 Å². The lowest BCUT2D eigenvalue weighted by Crippen LogP contribution is -2.45. The molecule has 0 amide bonds. The van der Waals surface area contributed by atoms with E-state index < -0.39 is 102 Å². The first-order valence-corrected chi connectivity index (χ1v) is 20.1. The summed E-state index contributed by atoms with van der Waals surface area (Å²) in [6, 6.07) is 5.79. The van der Waals surface area contributed by atoms with Gasteiger partial charge in [0.25, 0.3) is 0 Å². The molecule has 48 heavy (non-hydrogen) atoms. The lowest BCUT2D eigenvalue weighted by atomic mass is 9.94. The van der Waals surface area contributed by atoms with Gasteiger partial charge >= 0.3 is 54.3 Å². The number of rotatable bonds is 17. The summed E-state index contributed by atoms with van der Waals surface area (Å²) in [6.07, 6.45) is -1.75. The van der Waals surface area contributed by atoms with Crippen LogP contribution in [0.1, 0.15) is 29.7 Å². The number of nitrogens with zero attached hydrogens (tertiary/aromatic N) is 1. The number of aryl methyl sites for hydroxylation is 1. The number of aromatic nitrogens is 1. The van der Waals surface area contributed by atoms with Crippen LogP contribution in [-0.4, -0.2) is 110 Å². The summed E-state index contributed by atoms with van der Waals surface area (Å²) in [4.78, 5) is 124. The highest BCUT2D eigenvalue weighted by Crippen LogP contribution is 2.60. The Morgan fingerprint density at radius 3 is 1.42 bits per heavy atom. The molecular formula is C22H31NO20P4S. The van der Waals surface area contributed by atoms with E-state index in [4.69, 9.17) is 29.8 Å². The van der Waals surface area contributed by atoms with Crippen molar-refractivity contribution in [2.75, 3.05) is 0 Å². The van der Waals surface area contributed by atoms with Gasteiger partial charge in [0.1, 0.15) is 0 Å². The topological polar surface area (TPSA) is 392 Å². The normalized spacial score (nSPS) is 16.2. The smallest absolute Gasteiger partial charge is 0.343 e. The van der Waals surface area contributed by atoms with Crippen molar-refractivity contribution >= 4 is 65.6 Å². The minimum Gasteiger partial charge on any atom is -0.481 e. The molecule has 0 bridgehead atoms. The molecule has 0 aliphatic carbocycles. The van der Waals surface area contributed by atoms with E-state index in [1.54, 1.807) is 0 Å². The van der Waals surface area contributed by atoms with Crippen LogP contribution in [0.2, 0.25) is 0 Å². The summed E-state index contributed by atoms with van der Waals surface area (Å²) in [7, 11) is -21.6. The summed E-state index contributed by atoms with van der Waals surface area (Å²) in [5.41, 5.74) is -4.64. The van der Waals surface area contributed by atoms with Crippen LogP contribution < -0.4 is 0 Å². The third-order valence-electron chi connectivity index (χ3n) is 6.98. The average Bonchev–Trinajstić information content (AvgIpc) is 3.41. The maximum Gasteiger partial charge on any atom is 0.343 e. The minimum atomic E-state index is -5.48. The standard InChI is InChI=1S/C12H17NO10P2.C10H14O10P2S/c14-10(15)9(24(18,19)20)7-12(11(16)17,25(21,22)23)4-1-8-2-5-13-6-3-8;11-8(12)7(21(15,16)17)5-10(9(13)14,22(18,19)20)4-6-2-1-3-23-6/h2-3,5-6,9H,1,4,7H2,(H,14,15)(H,16,17)(H2,18,19,20)(H2,21,22,23);1-3,7H,4-5H2,(H,11,12)(H,13,14)(H2,15,16,17)(H2,18,19,20). The fraction of sp³-hybridized carbons (Fsp3) is 0.409. The minimum absolute atomic E-state index is 0.173. The second-order valence-electron chi connectivity index (χ2n) is 10.2.